The van der Waals surface area contributed by atoms with Gasteiger partial charge in [-0.1, -0.05) is 25.7 Å². The number of rotatable bonds is 9. The molecule has 0 aliphatic heterocycles. The quantitative estimate of drug-likeness (QED) is 0.447. The van der Waals surface area contributed by atoms with E-state index in [2.05, 4.69) is 16.0 Å². The summed E-state index contributed by atoms with van der Waals surface area (Å²) in [5.74, 6) is 0.0716. The molecule has 0 spiro atoms. The first-order chi connectivity index (χ1) is 10.2. The van der Waals surface area contributed by atoms with Crippen LogP contribution in [-0.4, -0.2) is 37.5 Å². The maximum atomic E-state index is 11.6. The van der Waals surface area contributed by atoms with E-state index in [-0.39, 0.29) is 24.2 Å². The van der Waals surface area contributed by atoms with Gasteiger partial charge in [-0.3, -0.25) is 9.59 Å². The minimum Gasteiger partial charge on any atom is -0.356 e. The number of nitrogens with one attached hydrogen (secondary N) is 3. The molecule has 0 aromatic rings. The largest absolute Gasteiger partial charge is 0.356 e. The summed E-state index contributed by atoms with van der Waals surface area (Å²) in [6, 6.07) is 0.627. The van der Waals surface area contributed by atoms with Crippen molar-refractivity contribution < 1.29 is 9.59 Å². The van der Waals surface area contributed by atoms with Crippen molar-refractivity contribution in [3.05, 3.63) is 0 Å². The van der Waals surface area contributed by atoms with Gasteiger partial charge in [0.15, 0.2) is 0 Å². The highest BCUT2D eigenvalue weighted by Crippen LogP contribution is 2.16. The van der Waals surface area contributed by atoms with Crippen molar-refractivity contribution in [1.29, 1.82) is 0 Å². The molecule has 6 heteroatoms. The first-order valence-electron chi connectivity index (χ1n) is 8.49. The van der Waals surface area contributed by atoms with Crippen LogP contribution in [0.25, 0.3) is 0 Å². The number of carbonyl (C=O) groups is 2. The number of amides is 2. The van der Waals surface area contributed by atoms with Gasteiger partial charge in [-0.05, 0) is 26.2 Å². The summed E-state index contributed by atoms with van der Waals surface area (Å²) in [5.41, 5.74) is 0. The van der Waals surface area contributed by atoms with Crippen LogP contribution in [0.1, 0.15) is 64.7 Å². The highest BCUT2D eigenvalue weighted by atomic mass is 35.5. The van der Waals surface area contributed by atoms with E-state index in [0.717, 1.165) is 6.54 Å². The smallest absolute Gasteiger partial charge is 0.220 e. The molecule has 0 atom stereocenters. The van der Waals surface area contributed by atoms with Crippen molar-refractivity contribution in [3.8, 4) is 0 Å². The fraction of sp³-hybridized carbons (Fsp3) is 0.875. The van der Waals surface area contributed by atoms with Crippen LogP contribution < -0.4 is 16.0 Å². The van der Waals surface area contributed by atoms with Crippen molar-refractivity contribution in [2.45, 2.75) is 70.8 Å². The monoisotopic (exact) mass is 333 g/mol. The number of halogens is 1. The molecule has 2 amide bonds. The fourth-order valence-corrected chi connectivity index (χ4v) is 2.75. The number of hydrogen-bond donors (Lipinski definition) is 3. The Morgan fingerprint density at radius 2 is 1.50 bits per heavy atom. The van der Waals surface area contributed by atoms with Gasteiger partial charge in [-0.2, -0.15) is 0 Å². The topological polar surface area (TPSA) is 70.2 Å². The lowest BCUT2D eigenvalue weighted by Gasteiger charge is -2.16. The second kappa shape index (κ2) is 13.8. The van der Waals surface area contributed by atoms with Crippen LogP contribution in [0, 0.1) is 0 Å². The summed E-state index contributed by atoms with van der Waals surface area (Å²) >= 11 is 0. The molecule has 1 aliphatic rings. The molecule has 0 aromatic carbocycles. The second-order valence-corrected chi connectivity index (χ2v) is 5.80. The average molecular weight is 334 g/mol. The normalized spacial score (nSPS) is 15.5. The lowest BCUT2D eigenvalue weighted by Crippen LogP contribution is -2.36. The van der Waals surface area contributed by atoms with Crippen LogP contribution in [-0.2, 0) is 9.59 Å². The third-order valence-electron chi connectivity index (χ3n) is 3.92. The van der Waals surface area contributed by atoms with Gasteiger partial charge in [-0.25, -0.2) is 0 Å². The fourth-order valence-electron chi connectivity index (χ4n) is 2.75. The van der Waals surface area contributed by atoms with E-state index in [0.29, 0.717) is 38.4 Å². The van der Waals surface area contributed by atoms with Gasteiger partial charge in [-0.15, -0.1) is 12.4 Å². The van der Waals surface area contributed by atoms with Crippen molar-refractivity contribution in [1.82, 2.24) is 16.0 Å². The third kappa shape index (κ3) is 10.9. The summed E-state index contributed by atoms with van der Waals surface area (Å²) in [6.45, 7) is 4.06. The molecule has 1 aliphatic carbocycles. The molecule has 1 saturated carbocycles. The molecule has 0 bridgehead atoms. The highest BCUT2D eigenvalue weighted by Gasteiger charge is 2.11. The lowest BCUT2D eigenvalue weighted by atomic mass is 10.1. The Labute approximate surface area is 140 Å². The average Bonchev–Trinajstić information content (AvgIpc) is 2.72. The Kier molecular flexibility index (Phi) is 13.3. The summed E-state index contributed by atoms with van der Waals surface area (Å²) in [5, 5.41) is 9.17. The van der Waals surface area contributed by atoms with Crippen LogP contribution in [0.3, 0.4) is 0 Å². The van der Waals surface area contributed by atoms with Crippen LogP contribution in [0.5, 0.6) is 0 Å². The van der Waals surface area contributed by atoms with Crippen molar-refractivity contribution in [2.24, 2.45) is 0 Å². The molecule has 0 aromatic heterocycles. The van der Waals surface area contributed by atoms with Crippen molar-refractivity contribution in [2.75, 3.05) is 19.6 Å². The molecule has 130 valence electrons. The van der Waals surface area contributed by atoms with E-state index in [4.69, 9.17) is 0 Å². The van der Waals surface area contributed by atoms with Crippen LogP contribution in [0.2, 0.25) is 0 Å². The van der Waals surface area contributed by atoms with E-state index >= 15 is 0 Å². The summed E-state index contributed by atoms with van der Waals surface area (Å²) in [6.07, 6.45) is 9.38. The van der Waals surface area contributed by atoms with Gasteiger partial charge in [0.25, 0.3) is 0 Å². The molecule has 0 heterocycles. The molecule has 0 unspecified atom stereocenters. The van der Waals surface area contributed by atoms with E-state index in [1.807, 2.05) is 6.92 Å². The van der Waals surface area contributed by atoms with Crippen LogP contribution in [0.15, 0.2) is 0 Å². The van der Waals surface area contributed by atoms with Gasteiger partial charge >= 0.3 is 0 Å². The molecular formula is C16H32ClN3O2. The van der Waals surface area contributed by atoms with Gasteiger partial charge in [0.05, 0.1) is 0 Å². The summed E-state index contributed by atoms with van der Waals surface area (Å²) in [7, 11) is 0. The molecule has 5 nitrogen and oxygen atoms in total. The first-order valence-corrected chi connectivity index (χ1v) is 8.49. The highest BCUT2D eigenvalue weighted by molar-refractivity contribution is 5.85. The first kappa shape index (κ1) is 21.2. The predicted molar refractivity (Wildman–Crippen MR) is 92.3 cm³/mol. The number of hydrogen-bond acceptors (Lipinski definition) is 3. The van der Waals surface area contributed by atoms with E-state index in [1.54, 1.807) is 0 Å². The Hall–Kier alpha value is -0.810. The molecule has 0 radical (unpaired) electrons. The zero-order valence-corrected chi connectivity index (χ0v) is 14.6. The van der Waals surface area contributed by atoms with Gasteiger partial charge in [0, 0.05) is 38.5 Å². The van der Waals surface area contributed by atoms with Gasteiger partial charge < -0.3 is 16.0 Å². The Bertz CT molecular complexity index is 306. The minimum absolute atomic E-state index is 0. The van der Waals surface area contributed by atoms with Crippen molar-refractivity contribution >= 4 is 24.2 Å². The van der Waals surface area contributed by atoms with Gasteiger partial charge in [0.1, 0.15) is 0 Å². The molecule has 1 fully saturated rings. The zero-order valence-electron chi connectivity index (χ0n) is 13.8. The predicted octanol–water partition coefficient (Wildman–Crippen LogP) is 2.14. The molecule has 22 heavy (non-hydrogen) atoms. The van der Waals surface area contributed by atoms with E-state index < -0.39 is 0 Å². The number of carbonyl (C=O) groups excluding carboxylic acids is 2. The van der Waals surface area contributed by atoms with Gasteiger partial charge in [0.2, 0.25) is 11.8 Å². The maximum absolute atomic E-state index is 11.6. The van der Waals surface area contributed by atoms with Crippen LogP contribution in [0.4, 0.5) is 0 Å². The maximum Gasteiger partial charge on any atom is 0.220 e. The Morgan fingerprint density at radius 3 is 2.09 bits per heavy atom. The SMILES string of the molecule is CCNC(=O)CCCC(=O)NCCNC1CCCCCC1.Cl. The minimum atomic E-state index is 0. The van der Waals surface area contributed by atoms with Crippen LogP contribution >= 0.6 is 12.4 Å². The summed E-state index contributed by atoms with van der Waals surface area (Å²) in [4.78, 5) is 22.9. The van der Waals surface area contributed by atoms with Crippen molar-refractivity contribution in [3.63, 3.8) is 0 Å². The standard InChI is InChI=1S/C16H31N3O2.ClH/c1-2-17-15(20)10-7-11-16(21)19-13-12-18-14-8-5-3-4-6-9-14;/h14,18H,2-13H2,1H3,(H,17,20)(H,19,21);1H. The molecule has 0 saturated heterocycles. The zero-order chi connectivity index (χ0) is 15.3. The Balaban J connectivity index is 0.00000441. The molecule has 3 N–H and O–H groups in total. The second-order valence-electron chi connectivity index (χ2n) is 5.80. The van der Waals surface area contributed by atoms with E-state index in [1.165, 1.54) is 38.5 Å². The lowest BCUT2D eigenvalue weighted by molar-refractivity contribution is -0.122. The molecule has 1 rings (SSSR count). The Morgan fingerprint density at radius 1 is 0.909 bits per heavy atom. The van der Waals surface area contributed by atoms with E-state index in [9.17, 15) is 9.59 Å². The molecular weight excluding hydrogens is 302 g/mol. The summed E-state index contributed by atoms with van der Waals surface area (Å²) < 4.78 is 0. The third-order valence-corrected chi connectivity index (χ3v) is 3.92.